The molecule has 1 N–H and O–H groups in total. The standard InChI is InChI=1S/C24H22N4O4/c1-16-5-9-18(10-6-16)22-26-23(32-27-22)20-4-3-13-28(24(20)30)15-21(29)25-14-17-7-11-19(31-2)12-8-17/h3-13H,14-15H2,1-2H3,(H,25,29). The number of nitrogens with one attached hydrogen (secondary N) is 1. The molecule has 32 heavy (non-hydrogen) atoms. The zero-order valence-electron chi connectivity index (χ0n) is 17.7. The van der Waals surface area contributed by atoms with Crippen molar-refractivity contribution < 1.29 is 14.1 Å². The number of carbonyl (C=O) groups is 1. The topological polar surface area (TPSA) is 99.2 Å². The third-order valence-corrected chi connectivity index (χ3v) is 4.95. The van der Waals surface area contributed by atoms with Crippen molar-refractivity contribution in [1.29, 1.82) is 0 Å². The Hall–Kier alpha value is -4.20. The number of methoxy groups -OCH3 is 1. The van der Waals surface area contributed by atoms with E-state index in [9.17, 15) is 9.59 Å². The van der Waals surface area contributed by atoms with Crippen LogP contribution in [0, 0.1) is 6.92 Å². The quantitative estimate of drug-likeness (QED) is 0.483. The van der Waals surface area contributed by atoms with Crippen LogP contribution in [0.4, 0.5) is 0 Å². The van der Waals surface area contributed by atoms with Crippen LogP contribution in [0.3, 0.4) is 0 Å². The summed E-state index contributed by atoms with van der Waals surface area (Å²) in [6.07, 6.45) is 1.55. The van der Waals surface area contributed by atoms with Gasteiger partial charge in [-0.2, -0.15) is 4.98 Å². The SMILES string of the molecule is COc1ccc(CNC(=O)Cn2cccc(-c3nc(-c4ccc(C)cc4)no3)c2=O)cc1. The van der Waals surface area contributed by atoms with Crippen molar-refractivity contribution in [2.24, 2.45) is 0 Å². The van der Waals surface area contributed by atoms with E-state index in [0.717, 1.165) is 22.4 Å². The molecule has 0 bridgehead atoms. The molecular formula is C24H22N4O4. The molecule has 2 heterocycles. The fourth-order valence-corrected chi connectivity index (χ4v) is 3.13. The van der Waals surface area contributed by atoms with Gasteiger partial charge in [0.25, 0.3) is 11.4 Å². The van der Waals surface area contributed by atoms with Crippen molar-refractivity contribution in [2.75, 3.05) is 7.11 Å². The Kier molecular flexibility index (Phi) is 6.12. The number of amides is 1. The first-order valence-corrected chi connectivity index (χ1v) is 10.0. The Balaban J connectivity index is 1.46. The summed E-state index contributed by atoms with van der Waals surface area (Å²) in [6, 6.07) is 18.3. The molecule has 1 amide bonds. The predicted molar refractivity (Wildman–Crippen MR) is 119 cm³/mol. The van der Waals surface area contributed by atoms with E-state index >= 15 is 0 Å². The summed E-state index contributed by atoms with van der Waals surface area (Å²) in [6.45, 7) is 2.22. The van der Waals surface area contributed by atoms with Gasteiger partial charge in [0, 0.05) is 18.3 Å². The largest absolute Gasteiger partial charge is 0.497 e. The summed E-state index contributed by atoms with van der Waals surface area (Å²) < 4.78 is 11.8. The van der Waals surface area contributed by atoms with E-state index in [4.69, 9.17) is 9.26 Å². The number of aromatic nitrogens is 3. The normalized spacial score (nSPS) is 10.7. The number of pyridine rings is 1. The lowest BCUT2D eigenvalue weighted by Gasteiger charge is -2.08. The van der Waals surface area contributed by atoms with Crippen LogP contribution in [-0.4, -0.2) is 27.7 Å². The molecule has 4 rings (SSSR count). The third kappa shape index (κ3) is 4.75. The third-order valence-electron chi connectivity index (χ3n) is 4.95. The van der Waals surface area contributed by atoms with Crippen LogP contribution in [0.25, 0.3) is 22.8 Å². The number of hydrogen-bond donors (Lipinski definition) is 1. The number of carbonyl (C=O) groups excluding carboxylic acids is 1. The van der Waals surface area contributed by atoms with E-state index in [2.05, 4.69) is 15.5 Å². The van der Waals surface area contributed by atoms with Gasteiger partial charge in [-0.05, 0) is 36.8 Å². The second kappa shape index (κ2) is 9.30. The summed E-state index contributed by atoms with van der Waals surface area (Å²) in [5.41, 5.74) is 2.69. The molecule has 0 saturated carbocycles. The molecule has 8 heteroatoms. The average molecular weight is 430 g/mol. The number of ether oxygens (including phenoxy) is 1. The van der Waals surface area contributed by atoms with Crippen LogP contribution in [0.1, 0.15) is 11.1 Å². The average Bonchev–Trinajstić information content (AvgIpc) is 3.30. The Morgan fingerprint density at radius 3 is 2.56 bits per heavy atom. The maximum atomic E-state index is 12.9. The Bertz CT molecular complexity index is 1270. The van der Waals surface area contributed by atoms with Crippen LogP contribution in [-0.2, 0) is 17.9 Å². The number of nitrogens with zero attached hydrogens (tertiary/aromatic N) is 3. The molecule has 0 unspecified atom stereocenters. The minimum atomic E-state index is -0.383. The van der Waals surface area contributed by atoms with Gasteiger partial charge in [-0.1, -0.05) is 47.1 Å². The van der Waals surface area contributed by atoms with Gasteiger partial charge in [-0.3, -0.25) is 9.59 Å². The summed E-state index contributed by atoms with van der Waals surface area (Å²) >= 11 is 0. The van der Waals surface area contributed by atoms with E-state index in [-0.39, 0.29) is 29.5 Å². The smallest absolute Gasteiger partial charge is 0.263 e. The fourth-order valence-electron chi connectivity index (χ4n) is 3.13. The molecule has 162 valence electrons. The highest BCUT2D eigenvalue weighted by Gasteiger charge is 2.16. The Labute approximate surface area is 184 Å². The van der Waals surface area contributed by atoms with E-state index in [1.807, 2.05) is 55.5 Å². The van der Waals surface area contributed by atoms with Crippen molar-refractivity contribution in [3.8, 4) is 28.6 Å². The molecular weight excluding hydrogens is 408 g/mol. The molecule has 8 nitrogen and oxygen atoms in total. The maximum absolute atomic E-state index is 12.9. The molecule has 0 spiro atoms. The minimum absolute atomic E-state index is 0.110. The van der Waals surface area contributed by atoms with Crippen LogP contribution < -0.4 is 15.6 Å². The zero-order chi connectivity index (χ0) is 22.5. The van der Waals surface area contributed by atoms with Crippen molar-refractivity contribution in [3.63, 3.8) is 0 Å². The van der Waals surface area contributed by atoms with E-state index < -0.39 is 0 Å². The summed E-state index contributed by atoms with van der Waals surface area (Å²) in [4.78, 5) is 29.6. The minimum Gasteiger partial charge on any atom is -0.497 e. The first-order valence-electron chi connectivity index (χ1n) is 10.0. The van der Waals surface area contributed by atoms with Crippen molar-refractivity contribution in [3.05, 3.63) is 88.3 Å². The summed E-state index contributed by atoms with van der Waals surface area (Å²) in [5, 5.41) is 6.79. The van der Waals surface area contributed by atoms with Gasteiger partial charge in [0.05, 0.1) is 7.11 Å². The molecule has 4 aromatic rings. The molecule has 2 aromatic heterocycles. The van der Waals surface area contributed by atoms with Crippen LogP contribution in [0.5, 0.6) is 5.75 Å². The Morgan fingerprint density at radius 1 is 1.09 bits per heavy atom. The Morgan fingerprint density at radius 2 is 1.84 bits per heavy atom. The van der Waals surface area contributed by atoms with Gasteiger partial charge in [-0.25, -0.2) is 0 Å². The first kappa shape index (κ1) is 21.0. The predicted octanol–water partition coefficient (Wildman–Crippen LogP) is 3.20. The second-order valence-electron chi connectivity index (χ2n) is 7.27. The van der Waals surface area contributed by atoms with Gasteiger partial charge in [-0.15, -0.1) is 0 Å². The molecule has 0 radical (unpaired) electrons. The molecule has 0 aliphatic rings. The zero-order valence-corrected chi connectivity index (χ0v) is 17.7. The number of rotatable bonds is 7. The van der Waals surface area contributed by atoms with Gasteiger partial charge in [0.15, 0.2) is 0 Å². The molecule has 2 aromatic carbocycles. The lowest BCUT2D eigenvalue weighted by molar-refractivity contribution is -0.121. The molecule has 0 aliphatic carbocycles. The fraction of sp³-hybridized carbons (Fsp3) is 0.167. The van der Waals surface area contributed by atoms with Gasteiger partial charge < -0.3 is 19.1 Å². The van der Waals surface area contributed by atoms with E-state index in [0.29, 0.717) is 12.4 Å². The van der Waals surface area contributed by atoms with Crippen molar-refractivity contribution in [1.82, 2.24) is 20.0 Å². The highest BCUT2D eigenvalue weighted by Crippen LogP contribution is 2.20. The number of hydrogen-bond acceptors (Lipinski definition) is 6. The number of benzene rings is 2. The summed E-state index contributed by atoms with van der Waals surface area (Å²) in [5.74, 6) is 0.964. The van der Waals surface area contributed by atoms with Crippen LogP contribution in [0.15, 0.2) is 76.2 Å². The van der Waals surface area contributed by atoms with Gasteiger partial charge in [0.2, 0.25) is 11.7 Å². The van der Waals surface area contributed by atoms with Crippen LogP contribution in [0.2, 0.25) is 0 Å². The van der Waals surface area contributed by atoms with Crippen molar-refractivity contribution in [2.45, 2.75) is 20.0 Å². The summed E-state index contributed by atoms with van der Waals surface area (Å²) in [7, 11) is 1.60. The van der Waals surface area contributed by atoms with Gasteiger partial charge >= 0.3 is 0 Å². The second-order valence-corrected chi connectivity index (χ2v) is 7.27. The lowest BCUT2D eigenvalue weighted by Crippen LogP contribution is -2.32. The molecule has 0 aliphatic heterocycles. The van der Waals surface area contributed by atoms with E-state index in [1.165, 1.54) is 4.57 Å². The van der Waals surface area contributed by atoms with Gasteiger partial charge in [0.1, 0.15) is 17.9 Å². The molecule has 0 atom stereocenters. The highest BCUT2D eigenvalue weighted by molar-refractivity contribution is 5.75. The maximum Gasteiger partial charge on any atom is 0.263 e. The van der Waals surface area contributed by atoms with E-state index in [1.54, 1.807) is 25.4 Å². The molecule has 0 saturated heterocycles. The van der Waals surface area contributed by atoms with Crippen LogP contribution >= 0.6 is 0 Å². The highest BCUT2D eigenvalue weighted by atomic mass is 16.5. The van der Waals surface area contributed by atoms with Crippen molar-refractivity contribution >= 4 is 5.91 Å². The first-order chi connectivity index (χ1) is 15.5. The monoisotopic (exact) mass is 430 g/mol. The lowest BCUT2D eigenvalue weighted by atomic mass is 10.1. The molecule has 0 fully saturated rings. The number of aryl methyl sites for hydroxylation is 1.